The lowest BCUT2D eigenvalue weighted by atomic mass is 9.81. The predicted molar refractivity (Wildman–Crippen MR) is 65.1 cm³/mol. The van der Waals surface area contributed by atoms with Crippen molar-refractivity contribution < 1.29 is 5.11 Å². The van der Waals surface area contributed by atoms with Crippen LogP contribution in [0.2, 0.25) is 0 Å². The average molecular weight is 206 g/mol. The number of aryl methyl sites for hydroxylation is 1. The minimum absolute atomic E-state index is 0.0170. The largest absolute Gasteiger partial charge is 0.396 e. The molecule has 0 fully saturated rings. The van der Waals surface area contributed by atoms with Gasteiger partial charge < -0.3 is 5.11 Å². The van der Waals surface area contributed by atoms with E-state index in [1.54, 1.807) is 0 Å². The highest BCUT2D eigenvalue weighted by molar-refractivity contribution is 5.25. The molecule has 0 saturated heterocycles. The Kier molecular flexibility index (Phi) is 3.92. The Labute approximate surface area is 93.1 Å². The fourth-order valence-electron chi connectivity index (χ4n) is 1.99. The van der Waals surface area contributed by atoms with Crippen LogP contribution in [0.5, 0.6) is 0 Å². The van der Waals surface area contributed by atoms with Crippen molar-refractivity contribution in [3.63, 3.8) is 0 Å². The Morgan fingerprint density at radius 3 is 2.53 bits per heavy atom. The van der Waals surface area contributed by atoms with Crippen molar-refractivity contribution in [3.8, 4) is 0 Å². The molecule has 0 amide bonds. The van der Waals surface area contributed by atoms with Crippen LogP contribution >= 0.6 is 0 Å². The summed E-state index contributed by atoms with van der Waals surface area (Å²) in [5.74, 6) is 0.507. The van der Waals surface area contributed by atoms with Crippen LogP contribution in [-0.2, 0) is 0 Å². The molecule has 1 heteroatoms. The Morgan fingerprint density at radius 2 is 2.00 bits per heavy atom. The van der Waals surface area contributed by atoms with Gasteiger partial charge in [-0.05, 0) is 30.2 Å². The number of aliphatic hydroxyl groups is 1. The van der Waals surface area contributed by atoms with E-state index in [1.807, 2.05) is 0 Å². The molecule has 84 valence electrons. The van der Waals surface area contributed by atoms with E-state index in [0.717, 1.165) is 6.42 Å². The molecule has 1 N–H and O–H groups in total. The van der Waals surface area contributed by atoms with E-state index in [-0.39, 0.29) is 12.0 Å². The number of rotatable bonds is 4. The van der Waals surface area contributed by atoms with Gasteiger partial charge in [-0.2, -0.15) is 0 Å². The van der Waals surface area contributed by atoms with Gasteiger partial charge in [-0.15, -0.1) is 0 Å². The summed E-state index contributed by atoms with van der Waals surface area (Å²) >= 11 is 0. The van der Waals surface area contributed by atoms with Gasteiger partial charge >= 0.3 is 0 Å². The summed E-state index contributed by atoms with van der Waals surface area (Å²) < 4.78 is 0. The number of aliphatic hydroxyl groups excluding tert-OH is 1. The lowest BCUT2D eigenvalue weighted by Gasteiger charge is -2.26. The molecule has 1 atom stereocenters. The van der Waals surface area contributed by atoms with Crippen molar-refractivity contribution >= 4 is 0 Å². The highest BCUT2D eigenvalue weighted by Gasteiger charge is 2.20. The van der Waals surface area contributed by atoms with E-state index < -0.39 is 0 Å². The maximum Gasteiger partial charge on any atom is 0.0482 e. The van der Waals surface area contributed by atoms with Gasteiger partial charge in [0.25, 0.3) is 0 Å². The van der Waals surface area contributed by atoms with E-state index in [9.17, 15) is 5.11 Å². The minimum atomic E-state index is 0.0170. The monoisotopic (exact) mass is 206 g/mol. The lowest BCUT2D eigenvalue weighted by molar-refractivity contribution is 0.143. The van der Waals surface area contributed by atoms with E-state index in [0.29, 0.717) is 5.92 Å². The molecule has 0 saturated carbocycles. The van der Waals surface area contributed by atoms with Gasteiger partial charge in [0.05, 0.1) is 0 Å². The fourth-order valence-corrected chi connectivity index (χ4v) is 1.99. The molecule has 1 rings (SSSR count). The molecule has 1 nitrogen and oxygen atoms in total. The number of benzene rings is 1. The van der Waals surface area contributed by atoms with Crippen molar-refractivity contribution in [1.82, 2.24) is 0 Å². The summed E-state index contributed by atoms with van der Waals surface area (Å²) in [4.78, 5) is 0. The van der Waals surface area contributed by atoms with Gasteiger partial charge in [0.2, 0.25) is 0 Å². The third-order valence-corrected chi connectivity index (χ3v) is 2.90. The van der Waals surface area contributed by atoms with Gasteiger partial charge in [-0.3, -0.25) is 0 Å². The first-order chi connectivity index (χ1) is 6.94. The molecule has 0 bridgehead atoms. The first-order valence-electron chi connectivity index (χ1n) is 5.62. The van der Waals surface area contributed by atoms with E-state index in [2.05, 4.69) is 52.0 Å². The summed E-state index contributed by atoms with van der Waals surface area (Å²) in [6, 6.07) is 8.63. The molecule has 0 heterocycles. The summed E-state index contributed by atoms with van der Waals surface area (Å²) in [5, 5.41) is 9.24. The number of hydrogen-bond donors (Lipinski definition) is 1. The summed E-state index contributed by atoms with van der Waals surface area (Å²) in [6.45, 7) is 8.82. The van der Waals surface area contributed by atoms with Crippen LogP contribution in [0.4, 0.5) is 0 Å². The van der Waals surface area contributed by atoms with Crippen molar-refractivity contribution in [1.29, 1.82) is 0 Å². The third-order valence-electron chi connectivity index (χ3n) is 2.90. The van der Waals surface area contributed by atoms with Crippen molar-refractivity contribution in [2.45, 2.75) is 40.0 Å². The minimum Gasteiger partial charge on any atom is -0.396 e. The smallest absolute Gasteiger partial charge is 0.0482 e. The van der Waals surface area contributed by atoms with Gasteiger partial charge in [-0.1, -0.05) is 50.6 Å². The fraction of sp³-hybridized carbons (Fsp3) is 0.571. The van der Waals surface area contributed by atoms with Crippen molar-refractivity contribution in [3.05, 3.63) is 35.4 Å². The molecule has 0 aromatic heterocycles. The quantitative estimate of drug-likeness (QED) is 0.799. The Balaban J connectivity index is 2.73. The highest BCUT2D eigenvalue weighted by Crippen LogP contribution is 2.31. The van der Waals surface area contributed by atoms with Crippen LogP contribution in [0.25, 0.3) is 0 Å². The zero-order chi connectivity index (χ0) is 11.5. The molecule has 0 spiro atoms. The molecule has 1 aromatic carbocycles. The van der Waals surface area contributed by atoms with Gasteiger partial charge in [0.1, 0.15) is 0 Å². The van der Waals surface area contributed by atoms with Crippen LogP contribution in [0.15, 0.2) is 24.3 Å². The molecular formula is C14H22O. The normalized spacial score (nSPS) is 13.9. The third kappa shape index (κ3) is 3.67. The van der Waals surface area contributed by atoms with Gasteiger partial charge in [0, 0.05) is 6.61 Å². The standard InChI is InChI=1S/C14H22O/c1-11-6-5-7-13(8-11)12(2)9-14(3,4)10-15/h5-8,12,15H,9-10H2,1-4H3. The van der Waals surface area contributed by atoms with Crippen LogP contribution in [-0.4, -0.2) is 11.7 Å². The van der Waals surface area contributed by atoms with E-state index >= 15 is 0 Å². The average Bonchev–Trinajstić information content (AvgIpc) is 2.17. The van der Waals surface area contributed by atoms with Gasteiger partial charge in [0.15, 0.2) is 0 Å². The molecule has 0 radical (unpaired) electrons. The maximum atomic E-state index is 9.24. The van der Waals surface area contributed by atoms with Gasteiger partial charge in [-0.25, -0.2) is 0 Å². The first kappa shape index (κ1) is 12.3. The molecule has 0 aliphatic rings. The van der Waals surface area contributed by atoms with Crippen LogP contribution < -0.4 is 0 Å². The second kappa shape index (κ2) is 4.80. The number of hydrogen-bond acceptors (Lipinski definition) is 1. The van der Waals surface area contributed by atoms with Crippen LogP contribution in [0, 0.1) is 12.3 Å². The summed E-state index contributed by atoms with van der Waals surface area (Å²) in [7, 11) is 0. The van der Waals surface area contributed by atoms with Crippen LogP contribution in [0.3, 0.4) is 0 Å². The SMILES string of the molecule is Cc1cccc(C(C)CC(C)(C)CO)c1. The van der Waals surface area contributed by atoms with E-state index in [1.165, 1.54) is 11.1 Å². The Morgan fingerprint density at radius 1 is 1.33 bits per heavy atom. The molecule has 0 aliphatic heterocycles. The van der Waals surface area contributed by atoms with Crippen LogP contribution in [0.1, 0.15) is 44.2 Å². The molecule has 15 heavy (non-hydrogen) atoms. The van der Waals surface area contributed by atoms with E-state index in [4.69, 9.17) is 0 Å². The maximum absolute atomic E-state index is 9.24. The summed E-state index contributed by atoms with van der Waals surface area (Å²) in [6.07, 6.45) is 1.02. The second-order valence-corrected chi connectivity index (χ2v) is 5.34. The van der Waals surface area contributed by atoms with Crippen molar-refractivity contribution in [2.24, 2.45) is 5.41 Å². The highest BCUT2D eigenvalue weighted by atomic mass is 16.3. The lowest BCUT2D eigenvalue weighted by Crippen LogP contribution is -2.19. The zero-order valence-electron chi connectivity index (χ0n) is 10.2. The Hall–Kier alpha value is -0.820. The second-order valence-electron chi connectivity index (χ2n) is 5.34. The predicted octanol–water partition coefficient (Wildman–Crippen LogP) is 3.51. The molecule has 1 unspecified atom stereocenters. The van der Waals surface area contributed by atoms with Crippen molar-refractivity contribution in [2.75, 3.05) is 6.61 Å². The summed E-state index contributed by atoms with van der Waals surface area (Å²) in [5.41, 5.74) is 2.70. The topological polar surface area (TPSA) is 20.2 Å². The Bertz CT molecular complexity index is 315. The molecule has 1 aromatic rings. The molecule has 0 aliphatic carbocycles. The molecular weight excluding hydrogens is 184 g/mol. The zero-order valence-corrected chi connectivity index (χ0v) is 10.2. The first-order valence-corrected chi connectivity index (χ1v) is 5.62.